The van der Waals surface area contributed by atoms with Crippen LogP contribution in [0.5, 0.6) is 11.5 Å². The first-order valence-corrected chi connectivity index (χ1v) is 12.8. The minimum absolute atomic E-state index is 0.0360. The van der Waals surface area contributed by atoms with Gasteiger partial charge in [-0.3, -0.25) is 9.59 Å². The molecular formula is C30H32N2O4. The van der Waals surface area contributed by atoms with Crippen LogP contribution < -0.4 is 14.8 Å². The molecule has 2 aliphatic rings. The number of aryl methyl sites for hydroxylation is 1. The highest BCUT2D eigenvalue weighted by Gasteiger charge is 2.46. The molecule has 2 amide bonds. The third-order valence-electron chi connectivity index (χ3n) is 7.12. The second-order valence-corrected chi connectivity index (χ2v) is 9.12. The maximum Gasteiger partial charge on any atom is 0.254 e. The molecule has 186 valence electrons. The number of carbonyl (C=O) groups excluding carboxylic acids is 2. The van der Waals surface area contributed by atoms with Crippen molar-refractivity contribution in [2.75, 3.05) is 25.1 Å². The van der Waals surface area contributed by atoms with Gasteiger partial charge >= 0.3 is 0 Å². The van der Waals surface area contributed by atoms with Crippen LogP contribution in [0.1, 0.15) is 65.3 Å². The first-order chi connectivity index (χ1) is 17.6. The first kappa shape index (κ1) is 23.9. The van der Waals surface area contributed by atoms with Crippen molar-refractivity contribution >= 4 is 17.5 Å². The Kier molecular flexibility index (Phi) is 6.68. The molecule has 5 rings (SSSR count). The summed E-state index contributed by atoms with van der Waals surface area (Å²) in [6.45, 7) is 7.52. The van der Waals surface area contributed by atoms with Gasteiger partial charge in [-0.15, -0.1) is 0 Å². The Bertz CT molecular complexity index is 1300. The van der Waals surface area contributed by atoms with E-state index in [0.717, 1.165) is 34.4 Å². The van der Waals surface area contributed by atoms with E-state index < -0.39 is 12.0 Å². The molecule has 0 bridgehead atoms. The van der Waals surface area contributed by atoms with E-state index in [9.17, 15) is 9.59 Å². The minimum Gasteiger partial charge on any atom is -0.490 e. The Balaban J connectivity index is 1.64. The van der Waals surface area contributed by atoms with Crippen molar-refractivity contribution in [3.05, 3.63) is 88.5 Å². The molecule has 0 saturated carbocycles. The summed E-state index contributed by atoms with van der Waals surface area (Å²) < 4.78 is 11.8. The van der Waals surface area contributed by atoms with Gasteiger partial charge in [-0.2, -0.15) is 0 Å². The lowest BCUT2D eigenvalue weighted by Crippen LogP contribution is -2.49. The highest BCUT2D eigenvalue weighted by molar-refractivity contribution is 6.04. The van der Waals surface area contributed by atoms with E-state index in [1.54, 1.807) is 0 Å². The quantitative estimate of drug-likeness (QED) is 0.479. The van der Waals surface area contributed by atoms with Crippen molar-refractivity contribution in [3.8, 4) is 11.5 Å². The molecule has 0 unspecified atom stereocenters. The van der Waals surface area contributed by atoms with E-state index in [1.165, 1.54) is 0 Å². The van der Waals surface area contributed by atoms with E-state index >= 15 is 0 Å². The second-order valence-electron chi connectivity index (χ2n) is 9.12. The van der Waals surface area contributed by atoms with Gasteiger partial charge in [-0.05, 0) is 73.2 Å². The first-order valence-electron chi connectivity index (χ1n) is 12.8. The van der Waals surface area contributed by atoms with Crippen LogP contribution >= 0.6 is 0 Å². The summed E-state index contributed by atoms with van der Waals surface area (Å²) in [6, 6.07) is 18.9. The van der Waals surface area contributed by atoms with Crippen molar-refractivity contribution in [1.82, 2.24) is 4.90 Å². The van der Waals surface area contributed by atoms with Crippen LogP contribution in [0.4, 0.5) is 5.69 Å². The third kappa shape index (κ3) is 4.11. The molecule has 2 aliphatic heterocycles. The minimum atomic E-state index is -0.560. The Morgan fingerprint density at radius 1 is 0.944 bits per heavy atom. The number of rotatable bonds is 7. The van der Waals surface area contributed by atoms with Gasteiger partial charge in [0.15, 0.2) is 11.5 Å². The standard InChI is InChI=1S/C30H32N2O4/c1-4-19-11-7-10-14-24(19)31-29(33)27-21-12-8-9-13-22(21)30(34)32-16-15-20-17-25(35-5-2)26(36-6-3)18-23(20)28(27)32/h7-14,17-18,27-28H,4-6,15-16H2,1-3H3,(H,31,33)/t27-,28+/m1/s1. The Morgan fingerprint density at radius 2 is 1.64 bits per heavy atom. The number of para-hydroxylation sites is 1. The monoisotopic (exact) mass is 484 g/mol. The number of hydrogen-bond acceptors (Lipinski definition) is 4. The molecule has 0 saturated heterocycles. The van der Waals surface area contributed by atoms with Crippen LogP contribution in [0, 0.1) is 0 Å². The Labute approximate surface area is 212 Å². The molecule has 6 heteroatoms. The number of nitrogens with one attached hydrogen (secondary N) is 1. The molecule has 36 heavy (non-hydrogen) atoms. The average Bonchev–Trinajstić information content (AvgIpc) is 2.90. The number of nitrogens with zero attached hydrogens (tertiary/aromatic N) is 1. The largest absolute Gasteiger partial charge is 0.490 e. The number of benzene rings is 3. The fourth-order valence-corrected chi connectivity index (χ4v) is 5.51. The topological polar surface area (TPSA) is 67.9 Å². The summed E-state index contributed by atoms with van der Waals surface area (Å²) in [5, 5.41) is 3.19. The van der Waals surface area contributed by atoms with Gasteiger partial charge in [-0.1, -0.05) is 43.3 Å². The van der Waals surface area contributed by atoms with Crippen LogP contribution in [-0.4, -0.2) is 36.5 Å². The molecule has 6 nitrogen and oxygen atoms in total. The number of carbonyl (C=O) groups is 2. The highest BCUT2D eigenvalue weighted by Crippen LogP contribution is 2.48. The lowest BCUT2D eigenvalue weighted by molar-refractivity contribution is -0.119. The predicted molar refractivity (Wildman–Crippen MR) is 140 cm³/mol. The van der Waals surface area contributed by atoms with Crippen molar-refractivity contribution in [3.63, 3.8) is 0 Å². The van der Waals surface area contributed by atoms with Crippen LogP contribution in [0.3, 0.4) is 0 Å². The van der Waals surface area contributed by atoms with Gasteiger partial charge in [0, 0.05) is 17.8 Å². The molecule has 0 aliphatic carbocycles. The molecule has 0 radical (unpaired) electrons. The van der Waals surface area contributed by atoms with Crippen molar-refractivity contribution in [2.24, 2.45) is 0 Å². The number of anilines is 1. The van der Waals surface area contributed by atoms with Crippen LogP contribution in [0.15, 0.2) is 60.7 Å². The molecule has 0 spiro atoms. The molecule has 3 aromatic carbocycles. The number of fused-ring (bicyclic) bond motifs is 4. The van der Waals surface area contributed by atoms with E-state index in [4.69, 9.17) is 9.47 Å². The third-order valence-corrected chi connectivity index (χ3v) is 7.12. The van der Waals surface area contributed by atoms with Crippen LogP contribution in [-0.2, 0) is 17.6 Å². The van der Waals surface area contributed by atoms with Crippen molar-refractivity contribution in [1.29, 1.82) is 0 Å². The predicted octanol–water partition coefficient (Wildman–Crippen LogP) is 5.52. The summed E-state index contributed by atoms with van der Waals surface area (Å²) in [7, 11) is 0. The smallest absolute Gasteiger partial charge is 0.254 e. The van der Waals surface area contributed by atoms with E-state index in [-0.39, 0.29) is 11.8 Å². The van der Waals surface area contributed by atoms with Crippen LogP contribution in [0.25, 0.3) is 0 Å². The van der Waals surface area contributed by atoms with E-state index in [2.05, 4.69) is 12.2 Å². The number of amides is 2. The van der Waals surface area contributed by atoms with Gasteiger partial charge in [0.05, 0.1) is 25.2 Å². The Morgan fingerprint density at radius 3 is 2.39 bits per heavy atom. The lowest BCUT2D eigenvalue weighted by atomic mass is 9.75. The van der Waals surface area contributed by atoms with Crippen LogP contribution in [0.2, 0.25) is 0 Å². The number of ether oxygens (including phenoxy) is 2. The van der Waals surface area contributed by atoms with Gasteiger partial charge in [0.2, 0.25) is 5.91 Å². The SMILES string of the molecule is CCOc1cc2c(cc1OCC)[C@H]1[C@H](C(=O)Nc3ccccc3CC)c3ccccc3C(=O)N1CC2. The summed E-state index contributed by atoms with van der Waals surface area (Å²) in [5.41, 5.74) is 5.27. The molecule has 2 heterocycles. The van der Waals surface area contributed by atoms with Gasteiger partial charge in [0.25, 0.3) is 5.91 Å². The fraction of sp³-hybridized carbons (Fsp3) is 0.333. The summed E-state index contributed by atoms with van der Waals surface area (Å²) >= 11 is 0. The molecule has 3 aromatic rings. The maximum atomic E-state index is 14.0. The average molecular weight is 485 g/mol. The second kappa shape index (κ2) is 10.1. The molecule has 0 aromatic heterocycles. The van der Waals surface area contributed by atoms with Gasteiger partial charge < -0.3 is 19.7 Å². The van der Waals surface area contributed by atoms with Gasteiger partial charge in [-0.25, -0.2) is 0 Å². The molecular weight excluding hydrogens is 452 g/mol. The summed E-state index contributed by atoms with van der Waals surface area (Å²) in [6.07, 6.45) is 1.51. The Hall–Kier alpha value is -3.80. The number of hydrogen-bond donors (Lipinski definition) is 1. The normalized spacial score (nSPS) is 18.1. The maximum absolute atomic E-state index is 14.0. The lowest BCUT2D eigenvalue weighted by Gasteiger charge is -2.45. The van der Waals surface area contributed by atoms with E-state index in [0.29, 0.717) is 43.2 Å². The molecule has 1 N–H and O–H groups in total. The highest BCUT2D eigenvalue weighted by atomic mass is 16.5. The van der Waals surface area contributed by atoms with E-state index in [1.807, 2.05) is 79.4 Å². The van der Waals surface area contributed by atoms with Crippen molar-refractivity contribution < 1.29 is 19.1 Å². The zero-order chi connectivity index (χ0) is 25.2. The van der Waals surface area contributed by atoms with Crippen molar-refractivity contribution in [2.45, 2.75) is 45.6 Å². The zero-order valence-corrected chi connectivity index (χ0v) is 21.0. The zero-order valence-electron chi connectivity index (χ0n) is 21.0. The molecule has 2 atom stereocenters. The summed E-state index contributed by atoms with van der Waals surface area (Å²) in [4.78, 5) is 29.5. The summed E-state index contributed by atoms with van der Waals surface area (Å²) in [5.74, 6) is 0.626. The van der Waals surface area contributed by atoms with Gasteiger partial charge in [0.1, 0.15) is 0 Å². The fourth-order valence-electron chi connectivity index (χ4n) is 5.51. The molecule has 0 fully saturated rings.